The molecule has 7 heteroatoms. The molecule has 0 saturated heterocycles. The Bertz CT molecular complexity index is 821. The lowest BCUT2D eigenvalue weighted by Gasteiger charge is -2.13. The fraction of sp³-hybridized carbons (Fsp3) is 0.364. The van der Waals surface area contributed by atoms with Crippen LogP contribution in [0.25, 0.3) is 0 Å². The van der Waals surface area contributed by atoms with Gasteiger partial charge in [-0.15, -0.1) is 10.1 Å². The Morgan fingerprint density at radius 1 is 0.931 bits per heavy atom. The zero-order chi connectivity index (χ0) is 21.1. The van der Waals surface area contributed by atoms with E-state index >= 15 is 0 Å². The first-order chi connectivity index (χ1) is 14.0. The van der Waals surface area contributed by atoms with Gasteiger partial charge in [-0.2, -0.15) is 0 Å². The average molecular weight is 399 g/mol. The summed E-state index contributed by atoms with van der Waals surface area (Å²) in [4.78, 5) is 39.1. The Balaban J connectivity index is 1.79. The van der Waals surface area contributed by atoms with E-state index in [-0.39, 0.29) is 18.4 Å². The number of carbonyl (C=O) groups excluding carboxylic acids is 2. The van der Waals surface area contributed by atoms with Crippen molar-refractivity contribution in [2.24, 2.45) is 0 Å². The number of benzene rings is 2. The molecule has 2 aromatic carbocycles. The SMILES string of the molecule is CC(C(=O)OCCCCCCO[N+](=O)[O-])c1cccc(C(=O)c2ccccc2)c1. The molecule has 2 aromatic rings. The lowest BCUT2D eigenvalue weighted by molar-refractivity contribution is -0.757. The first kappa shape index (κ1) is 22.1. The van der Waals surface area contributed by atoms with Gasteiger partial charge in [0.25, 0.3) is 5.09 Å². The third-order valence-electron chi connectivity index (χ3n) is 4.52. The summed E-state index contributed by atoms with van der Waals surface area (Å²) in [5, 5.41) is 9.23. The van der Waals surface area contributed by atoms with Gasteiger partial charge in [0, 0.05) is 11.1 Å². The van der Waals surface area contributed by atoms with E-state index in [2.05, 4.69) is 4.84 Å². The zero-order valence-corrected chi connectivity index (χ0v) is 16.4. The molecule has 154 valence electrons. The first-order valence-electron chi connectivity index (χ1n) is 9.62. The number of unbranched alkanes of at least 4 members (excludes halogenated alkanes) is 3. The Kier molecular flexibility index (Phi) is 8.82. The van der Waals surface area contributed by atoms with Gasteiger partial charge in [0.2, 0.25) is 0 Å². The van der Waals surface area contributed by atoms with Crippen LogP contribution in [0.1, 0.15) is 60.0 Å². The third kappa shape index (κ3) is 7.37. The molecule has 0 aromatic heterocycles. The predicted octanol–water partition coefficient (Wildman–Crippen LogP) is 4.33. The molecule has 0 saturated carbocycles. The number of nitrogens with zero attached hydrogens (tertiary/aromatic N) is 1. The zero-order valence-electron chi connectivity index (χ0n) is 16.4. The van der Waals surface area contributed by atoms with Crippen LogP contribution in [0, 0.1) is 10.1 Å². The Hall–Kier alpha value is -3.22. The van der Waals surface area contributed by atoms with Gasteiger partial charge in [-0.1, -0.05) is 55.0 Å². The molecule has 0 heterocycles. The van der Waals surface area contributed by atoms with Gasteiger partial charge in [-0.3, -0.25) is 9.59 Å². The second-order valence-electron chi connectivity index (χ2n) is 6.68. The van der Waals surface area contributed by atoms with Crippen LogP contribution in [-0.4, -0.2) is 30.1 Å². The average Bonchev–Trinajstić information content (AvgIpc) is 2.74. The van der Waals surface area contributed by atoms with Crippen molar-refractivity contribution in [3.8, 4) is 0 Å². The number of carbonyl (C=O) groups is 2. The highest BCUT2D eigenvalue weighted by atomic mass is 16.9. The van der Waals surface area contributed by atoms with Crippen molar-refractivity contribution in [2.45, 2.75) is 38.5 Å². The lowest BCUT2D eigenvalue weighted by Crippen LogP contribution is -2.14. The van der Waals surface area contributed by atoms with Gasteiger partial charge < -0.3 is 9.57 Å². The van der Waals surface area contributed by atoms with Crippen molar-refractivity contribution in [3.05, 3.63) is 81.4 Å². The van der Waals surface area contributed by atoms with E-state index in [0.717, 1.165) is 18.4 Å². The van der Waals surface area contributed by atoms with E-state index in [1.165, 1.54) is 0 Å². The molecule has 2 rings (SSSR count). The summed E-state index contributed by atoms with van der Waals surface area (Å²) >= 11 is 0. The molecule has 0 radical (unpaired) electrons. The van der Waals surface area contributed by atoms with Gasteiger partial charge in [-0.05, 0) is 37.8 Å². The maximum absolute atomic E-state index is 12.6. The minimum Gasteiger partial charge on any atom is -0.465 e. The van der Waals surface area contributed by atoms with Crippen molar-refractivity contribution in [3.63, 3.8) is 0 Å². The maximum atomic E-state index is 12.6. The molecule has 29 heavy (non-hydrogen) atoms. The van der Waals surface area contributed by atoms with Gasteiger partial charge in [0.15, 0.2) is 5.78 Å². The van der Waals surface area contributed by atoms with Crippen LogP contribution in [0.2, 0.25) is 0 Å². The molecular formula is C22H25NO6. The molecule has 7 nitrogen and oxygen atoms in total. The van der Waals surface area contributed by atoms with Crippen molar-refractivity contribution >= 4 is 11.8 Å². The summed E-state index contributed by atoms with van der Waals surface area (Å²) in [6.07, 6.45) is 2.84. The topological polar surface area (TPSA) is 95.7 Å². The van der Waals surface area contributed by atoms with E-state index in [9.17, 15) is 19.7 Å². The van der Waals surface area contributed by atoms with E-state index in [4.69, 9.17) is 4.74 Å². The van der Waals surface area contributed by atoms with E-state index < -0.39 is 11.0 Å². The second-order valence-corrected chi connectivity index (χ2v) is 6.68. The van der Waals surface area contributed by atoms with Crippen LogP contribution in [-0.2, 0) is 14.4 Å². The van der Waals surface area contributed by atoms with Crippen molar-refractivity contribution in [1.82, 2.24) is 0 Å². The lowest BCUT2D eigenvalue weighted by atomic mass is 9.96. The van der Waals surface area contributed by atoms with Crippen LogP contribution in [0.15, 0.2) is 54.6 Å². The van der Waals surface area contributed by atoms with E-state index in [1.54, 1.807) is 37.3 Å². The molecule has 0 aliphatic rings. The van der Waals surface area contributed by atoms with E-state index in [0.29, 0.717) is 30.6 Å². The molecule has 0 fully saturated rings. The van der Waals surface area contributed by atoms with Crippen LogP contribution < -0.4 is 0 Å². The van der Waals surface area contributed by atoms with Gasteiger partial charge in [-0.25, -0.2) is 0 Å². The quantitative estimate of drug-likeness (QED) is 0.173. The van der Waals surface area contributed by atoms with Crippen LogP contribution in [0.5, 0.6) is 0 Å². The van der Waals surface area contributed by atoms with Crippen LogP contribution >= 0.6 is 0 Å². The monoisotopic (exact) mass is 399 g/mol. The Morgan fingerprint density at radius 3 is 2.28 bits per heavy atom. The molecule has 0 aliphatic carbocycles. The summed E-state index contributed by atoms with van der Waals surface area (Å²) < 4.78 is 5.32. The van der Waals surface area contributed by atoms with Crippen molar-refractivity contribution < 1.29 is 24.3 Å². The Labute approximate surface area is 169 Å². The summed E-state index contributed by atoms with van der Waals surface area (Å²) in [7, 11) is 0. The number of ketones is 1. The number of ether oxygens (including phenoxy) is 1. The minimum atomic E-state index is -0.800. The van der Waals surface area contributed by atoms with Gasteiger partial charge in [0.1, 0.15) is 0 Å². The smallest absolute Gasteiger partial charge is 0.313 e. The molecule has 0 spiro atoms. The Morgan fingerprint density at radius 2 is 1.59 bits per heavy atom. The van der Waals surface area contributed by atoms with Crippen LogP contribution in [0.3, 0.4) is 0 Å². The van der Waals surface area contributed by atoms with Crippen LogP contribution in [0.4, 0.5) is 0 Å². The largest absolute Gasteiger partial charge is 0.465 e. The molecule has 0 amide bonds. The molecule has 0 aliphatic heterocycles. The highest BCUT2D eigenvalue weighted by Gasteiger charge is 2.18. The summed E-state index contributed by atoms with van der Waals surface area (Å²) in [6.45, 7) is 2.13. The summed E-state index contributed by atoms with van der Waals surface area (Å²) in [5.41, 5.74) is 1.86. The van der Waals surface area contributed by atoms with Crippen molar-refractivity contribution in [2.75, 3.05) is 13.2 Å². The predicted molar refractivity (Wildman–Crippen MR) is 107 cm³/mol. The third-order valence-corrected chi connectivity index (χ3v) is 4.52. The van der Waals surface area contributed by atoms with Crippen molar-refractivity contribution in [1.29, 1.82) is 0 Å². The molecule has 0 bridgehead atoms. The number of hydrogen-bond acceptors (Lipinski definition) is 6. The summed E-state index contributed by atoms with van der Waals surface area (Å²) in [5.74, 6) is -0.910. The standard InChI is InChI=1S/C22H25NO6/c1-17(22(25)28-14-7-2-3-8-15-29-23(26)27)19-12-9-13-20(16-19)21(24)18-10-5-4-6-11-18/h4-6,9-13,16-17H,2-3,7-8,14-15H2,1H3. The molecular weight excluding hydrogens is 374 g/mol. The second kappa shape index (κ2) is 11.6. The number of hydrogen-bond donors (Lipinski definition) is 0. The number of esters is 1. The summed E-state index contributed by atoms with van der Waals surface area (Å²) in [6, 6.07) is 16.0. The minimum absolute atomic E-state index is 0.0852. The van der Waals surface area contributed by atoms with Gasteiger partial charge >= 0.3 is 5.97 Å². The number of rotatable bonds is 12. The van der Waals surface area contributed by atoms with Gasteiger partial charge in [0.05, 0.1) is 19.1 Å². The molecule has 1 atom stereocenters. The highest BCUT2D eigenvalue weighted by molar-refractivity contribution is 6.09. The molecule has 0 N–H and O–H groups in total. The molecule has 1 unspecified atom stereocenters. The first-order valence-corrected chi connectivity index (χ1v) is 9.62. The maximum Gasteiger partial charge on any atom is 0.313 e. The highest BCUT2D eigenvalue weighted by Crippen LogP contribution is 2.20. The normalized spacial score (nSPS) is 11.5. The fourth-order valence-corrected chi connectivity index (χ4v) is 2.84. The fourth-order valence-electron chi connectivity index (χ4n) is 2.84. The van der Waals surface area contributed by atoms with E-state index in [1.807, 2.05) is 24.3 Å².